The lowest BCUT2D eigenvalue weighted by atomic mass is 10.0. The quantitative estimate of drug-likeness (QED) is 0.615. The van der Waals surface area contributed by atoms with Gasteiger partial charge < -0.3 is 5.11 Å². The summed E-state index contributed by atoms with van der Waals surface area (Å²) in [6.45, 7) is 0.641. The Bertz CT molecular complexity index is 1090. The Balaban J connectivity index is 1.60. The summed E-state index contributed by atoms with van der Waals surface area (Å²) >= 11 is 6.86. The van der Waals surface area contributed by atoms with E-state index >= 15 is 0 Å². The number of aryl methyl sites for hydroxylation is 1. The van der Waals surface area contributed by atoms with Crippen LogP contribution in [-0.2, 0) is 13.0 Å². The first kappa shape index (κ1) is 17.6. The number of allylic oxidation sites excluding steroid dienone is 1. The van der Waals surface area contributed by atoms with E-state index in [-0.39, 0.29) is 5.88 Å². The van der Waals surface area contributed by atoms with E-state index in [4.69, 9.17) is 12.2 Å². The molecule has 2 heterocycles. The van der Waals surface area contributed by atoms with Gasteiger partial charge in [0.2, 0.25) is 5.88 Å². The van der Waals surface area contributed by atoms with Gasteiger partial charge in [0.05, 0.1) is 11.1 Å². The van der Waals surface area contributed by atoms with Gasteiger partial charge in [-0.2, -0.15) is 5.10 Å². The standard InChI is InChI=1S/C21H17N3OS2/c25-20-18(13-17-14-22-23-19(17)16-9-5-2-6-10-16)27-21(26)24(20)12-11-15-7-3-1-4-8-15/h1-10,13-14,25H,11-12H2/b17-13+. The third kappa shape index (κ3) is 3.82. The minimum atomic E-state index is 0.196. The van der Waals surface area contributed by atoms with E-state index in [1.54, 1.807) is 10.8 Å². The van der Waals surface area contributed by atoms with Crippen LogP contribution in [-0.4, -0.2) is 21.6 Å². The molecular formula is C21H17N3OS2. The molecule has 0 atom stereocenters. The first-order valence-corrected chi connectivity index (χ1v) is 9.80. The van der Waals surface area contributed by atoms with Crippen LogP contribution >= 0.6 is 23.6 Å². The minimum absolute atomic E-state index is 0.196. The van der Waals surface area contributed by atoms with Gasteiger partial charge in [0.15, 0.2) is 3.95 Å². The van der Waals surface area contributed by atoms with Crippen molar-refractivity contribution in [3.8, 4) is 5.88 Å². The number of benzene rings is 2. The van der Waals surface area contributed by atoms with Gasteiger partial charge in [0, 0.05) is 17.7 Å². The smallest absolute Gasteiger partial charge is 0.210 e. The molecule has 27 heavy (non-hydrogen) atoms. The number of aromatic nitrogens is 1. The summed E-state index contributed by atoms with van der Waals surface area (Å²) in [7, 11) is 0. The maximum absolute atomic E-state index is 10.7. The summed E-state index contributed by atoms with van der Waals surface area (Å²) in [5, 5.41) is 18.9. The topological polar surface area (TPSA) is 49.9 Å². The third-order valence-electron chi connectivity index (χ3n) is 4.32. The van der Waals surface area contributed by atoms with Crippen molar-refractivity contribution < 1.29 is 5.11 Å². The molecule has 1 aliphatic heterocycles. The van der Waals surface area contributed by atoms with E-state index in [2.05, 4.69) is 22.3 Å². The van der Waals surface area contributed by atoms with E-state index in [1.165, 1.54) is 16.9 Å². The van der Waals surface area contributed by atoms with E-state index in [0.717, 1.165) is 28.1 Å². The zero-order chi connectivity index (χ0) is 18.6. The highest BCUT2D eigenvalue weighted by atomic mass is 32.1. The third-order valence-corrected chi connectivity index (χ3v) is 5.71. The summed E-state index contributed by atoms with van der Waals surface area (Å²) < 4.78 is 2.44. The Kier molecular flexibility index (Phi) is 5.09. The summed E-state index contributed by atoms with van der Waals surface area (Å²) in [4.78, 5) is 0.722. The Morgan fingerprint density at radius 1 is 1.04 bits per heavy atom. The van der Waals surface area contributed by atoms with Crippen LogP contribution in [0, 0.1) is 3.95 Å². The molecule has 4 nitrogen and oxygen atoms in total. The highest BCUT2D eigenvalue weighted by Gasteiger charge is 2.16. The number of rotatable bonds is 5. The number of nitrogens with zero attached hydrogens (tertiary/aromatic N) is 3. The Morgan fingerprint density at radius 3 is 2.48 bits per heavy atom. The van der Waals surface area contributed by atoms with Gasteiger partial charge in [-0.3, -0.25) is 4.57 Å². The van der Waals surface area contributed by atoms with Crippen molar-refractivity contribution in [1.29, 1.82) is 0 Å². The molecule has 0 spiro atoms. The fourth-order valence-corrected chi connectivity index (χ4v) is 4.24. The van der Waals surface area contributed by atoms with Crippen molar-refractivity contribution in [2.24, 2.45) is 10.2 Å². The molecule has 0 bridgehead atoms. The van der Waals surface area contributed by atoms with Crippen LogP contribution in [0.15, 0.2) is 76.4 Å². The molecule has 0 fully saturated rings. The van der Waals surface area contributed by atoms with Crippen LogP contribution in [0.4, 0.5) is 0 Å². The predicted octanol–water partition coefficient (Wildman–Crippen LogP) is 5.10. The van der Waals surface area contributed by atoms with E-state index in [9.17, 15) is 5.11 Å². The summed E-state index contributed by atoms with van der Waals surface area (Å²) in [5.41, 5.74) is 3.87. The van der Waals surface area contributed by atoms with Gasteiger partial charge >= 0.3 is 0 Å². The van der Waals surface area contributed by atoms with Crippen LogP contribution in [0.25, 0.3) is 6.08 Å². The number of aromatic hydroxyl groups is 1. The largest absolute Gasteiger partial charge is 0.493 e. The summed E-state index contributed by atoms with van der Waals surface area (Å²) in [6, 6.07) is 20.1. The predicted molar refractivity (Wildman–Crippen MR) is 114 cm³/mol. The van der Waals surface area contributed by atoms with Crippen LogP contribution in [0.3, 0.4) is 0 Å². The summed E-state index contributed by atoms with van der Waals surface area (Å²) in [5.74, 6) is 0.196. The van der Waals surface area contributed by atoms with E-state index < -0.39 is 0 Å². The lowest BCUT2D eigenvalue weighted by molar-refractivity contribution is 0.414. The average Bonchev–Trinajstić information content (AvgIpc) is 3.27. The Hall–Kier alpha value is -2.83. The van der Waals surface area contributed by atoms with Gasteiger partial charge in [-0.05, 0) is 30.3 Å². The fraction of sp³-hybridized carbons (Fsp3) is 0.0952. The fourth-order valence-electron chi connectivity index (χ4n) is 2.93. The van der Waals surface area contributed by atoms with Crippen molar-refractivity contribution >= 4 is 41.6 Å². The molecule has 4 rings (SSSR count). The molecule has 0 amide bonds. The zero-order valence-electron chi connectivity index (χ0n) is 14.4. The molecule has 0 aliphatic carbocycles. The van der Waals surface area contributed by atoms with E-state index in [1.807, 2.05) is 54.6 Å². The zero-order valence-corrected chi connectivity index (χ0v) is 16.1. The van der Waals surface area contributed by atoms with Crippen LogP contribution < -0.4 is 0 Å². The molecule has 3 aromatic rings. The second kappa shape index (κ2) is 7.82. The van der Waals surface area contributed by atoms with Gasteiger partial charge in [0.25, 0.3) is 0 Å². The monoisotopic (exact) mass is 391 g/mol. The van der Waals surface area contributed by atoms with Gasteiger partial charge in [0.1, 0.15) is 5.71 Å². The SMILES string of the molecule is Oc1c(/C=C2\C=NN=C2c2ccccc2)sc(=S)n1CCc1ccccc1. The molecular weight excluding hydrogens is 374 g/mol. The minimum Gasteiger partial charge on any atom is -0.493 e. The lowest BCUT2D eigenvalue weighted by Crippen LogP contribution is -2.02. The second-order valence-corrected chi connectivity index (χ2v) is 7.78. The van der Waals surface area contributed by atoms with Gasteiger partial charge in [-0.15, -0.1) is 16.4 Å². The van der Waals surface area contributed by atoms with Crippen molar-refractivity contribution in [3.05, 3.63) is 86.2 Å². The van der Waals surface area contributed by atoms with Crippen molar-refractivity contribution in [3.63, 3.8) is 0 Å². The highest BCUT2D eigenvalue weighted by molar-refractivity contribution is 7.73. The molecule has 1 aliphatic rings. The van der Waals surface area contributed by atoms with Gasteiger partial charge in [-0.1, -0.05) is 60.7 Å². The number of hydrogen-bond acceptors (Lipinski definition) is 5. The number of thiazole rings is 1. The molecule has 0 saturated heterocycles. The molecule has 0 saturated carbocycles. The molecule has 6 heteroatoms. The first-order chi connectivity index (χ1) is 13.2. The number of hydrogen-bond donors (Lipinski definition) is 1. The molecule has 0 unspecified atom stereocenters. The highest BCUT2D eigenvalue weighted by Crippen LogP contribution is 2.30. The van der Waals surface area contributed by atoms with E-state index in [0.29, 0.717) is 10.5 Å². The second-order valence-electron chi connectivity index (χ2n) is 6.10. The Morgan fingerprint density at radius 2 is 1.74 bits per heavy atom. The van der Waals surface area contributed by atoms with Crippen molar-refractivity contribution in [1.82, 2.24) is 4.57 Å². The maximum Gasteiger partial charge on any atom is 0.210 e. The summed E-state index contributed by atoms with van der Waals surface area (Å²) in [6.07, 6.45) is 4.42. The normalized spacial score (nSPS) is 14.7. The van der Waals surface area contributed by atoms with Crippen LogP contribution in [0.5, 0.6) is 5.88 Å². The molecule has 1 N–H and O–H groups in total. The molecule has 0 radical (unpaired) electrons. The van der Waals surface area contributed by atoms with Crippen LogP contribution in [0.2, 0.25) is 0 Å². The Labute approximate surface area is 166 Å². The molecule has 1 aromatic heterocycles. The van der Waals surface area contributed by atoms with Crippen molar-refractivity contribution in [2.75, 3.05) is 0 Å². The molecule has 2 aromatic carbocycles. The first-order valence-electron chi connectivity index (χ1n) is 8.57. The molecule has 134 valence electrons. The van der Waals surface area contributed by atoms with Crippen LogP contribution in [0.1, 0.15) is 16.0 Å². The van der Waals surface area contributed by atoms with Gasteiger partial charge in [-0.25, -0.2) is 0 Å². The average molecular weight is 392 g/mol. The maximum atomic E-state index is 10.7. The van der Waals surface area contributed by atoms with Crippen molar-refractivity contribution in [2.45, 2.75) is 13.0 Å². The lowest BCUT2D eigenvalue weighted by Gasteiger charge is -2.05.